The van der Waals surface area contributed by atoms with E-state index in [9.17, 15) is 18.0 Å². The molecule has 0 spiro atoms. The zero-order valence-corrected chi connectivity index (χ0v) is 16.8. The van der Waals surface area contributed by atoms with E-state index in [0.717, 1.165) is 22.9 Å². The van der Waals surface area contributed by atoms with Crippen molar-refractivity contribution in [3.63, 3.8) is 0 Å². The second-order valence-corrected chi connectivity index (χ2v) is 7.79. The van der Waals surface area contributed by atoms with Gasteiger partial charge < -0.3 is 5.32 Å². The van der Waals surface area contributed by atoms with Crippen molar-refractivity contribution in [1.29, 1.82) is 0 Å². The van der Waals surface area contributed by atoms with E-state index in [1.807, 2.05) is 36.0 Å². The number of halogens is 3. The normalized spacial score (nSPS) is 12.1. The fourth-order valence-corrected chi connectivity index (χ4v) is 3.80. The summed E-state index contributed by atoms with van der Waals surface area (Å²) in [4.78, 5) is 21.9. The number of nitrogens with zero attached hydrogens (tertiary/aromatic N) is 5. The predicted octanol–water partition coefficient (Wildman–Crippen LogP) is 4.05. The van der Waals surface area contributed by atoms with Gasteiger partial charge in [-0.15, -0.1) is 11.3 Å². The van der Waals surface area contributed by atoms with E-state index in [1.165, 1.54) is 28.3 Å². The van der Waals surface area contributed by atoms with E-state index < -0.39 is 11.7 Å². The lowest BCUT2D eigenvalue weighted by Gasteiger charge is -2.13. The van der Waals surface area contributed by atoms with Gasteiger partial charge >= 0.3 is 6.18 Å². The van der Waals surface area contributed by atoms with Gasteiger partial charge in [0.05, 0.1) is 35.3 Å². The van der Waals surface area contributed by atoms with E-state index in [-0.39, 0.29) is 24.2 Å². The van der Waals surface area contributed by atoms with Crippen LogP contribution in [-0.2, 0) is 12.7 Å². The van der Waals surface area contributed by atoms with Crippen LogP contribution in [0.1, 0.15) is 47.1 Å². The number of nitrogens with one attached hydrogen (secondary N) is 1. The molecular formula is C19H17F3N6OS. The molecule has 0 aromatic carbocycles. The maximum atomic E-state index is 12.8. The summed E-state index contributed by atoms with van der Waals surface area (Å²) in [6, 6.07) is 2.18. The van der Waals surface area contributed by atoms with Crippen molar-refractivity contribution in [2.45, 2.75) is 32.5 Å². The highest BCUT2D eigenvalue weighted by atomic mass is 32.1. The molecule has 156 valence electrons. The molecule has 4 aromatic rings. The number of thiazole rings is 1. The third-order valence-corrected chi connectivity index (χ3v) is 5.23. The van der Waals surface area contributed by atoms with Crippen molar-refractivity contribution in [1.82, 2.24) is 29.5 Å². The Morgan fingerprint density at radius 3 is 2.70 bits per heavy atom. The SMILES string of the molecule is CC(C)c1c(C(=O)NCc2cn3ccsc3n2)cnn1-c1ccc(C(F)(F)F)cn1. The first kappa shape index (κ1) is 20.1. The Labute approximate surface area is 173 Å². The molecular weight excluding hydrogens is 417 g/mol. The molecule has 0 unspecified atom stereocenters. The number of amides is 1. The summed E-state index contributed by atoms with van der Waals surface area (Å²) >= 11 is 1.50. The number of carbonyl (C=O) groups is 1. The molecule has 1 amide bonds. The summed E-state index contributed by atoms with van der Waals surface area (Å²) in [5, 5.41) is 8.94. The number of fused-ring (bicyclic) bond motifs is 1. The van der Waals surface area contributed by atoms with Crippen LogP contribution in [0.5, 0.6) is 0 Å². The number of pyridine rings is 1. The van der Waals surface area contributed by atoms with Crippen LogP contribution in [0.25, 0.3) is 10.8 Å². The van der Waals surface area contributed by atoms with Crippen molar-refractivity contribution < 1.29 is 18.0 Å². The van der Waals surface area contributed by atoms with Gasteiger partial charge in [0.25, 0.3) is 5.91 Å². The van der Waals surface area contributed by atoms with Crippen molar-refractivity contribution in [2.75, 3.05) is 0 Å². The summed E-state index contributed by atoms with van der Waals surface area (Å²) in [5.74, 6) is -0.247. The standard InChI is InChI=1S/C19H17F3N6OS/c1-11(2)16-14(17(29)24-8-13-10-27-5-6-30-18(27)26-13)9-25-28(16)15-4-3-12(7-23-15)19(20,21)22/h3-7,9-11H,8H2,1-2H3,(H,24,29). The van der Waals surface area contributed by atoms with Crippen LogP contribution in [0, 0.1) is 0 Å². The van der Waals surface area contributed by atoms with E-state index in [1.54, 1.807) is 0 Å². The molecule has 0 aliphatic rings. The number of hydrogen-bond donors (Lipinski definition) is 1. The maximum Gasteiger partial charge on any atom is 0.417 e. The smallest absolute Gasteiger partial charge is 0.346 e. The van der Waals surface area contributed by atoms with Crippen LogP contribution < -0.4 is 5.32 Å². The van der Waals surface area contributed by atoms with Crippen LogP contribution in [0.4, 0.5) is 13.2 Å². The molecule has 4 heterocycles. The highest BCUT2D eigenvalue weighted by molar-refractivity contribution is 7.15. The lowest BCUT2D eigenvalue weighted by atomic mass is 10.1. The fourth-order valence-electron chi connectivity index (χ4n) is 3.08. The third kappa shape index (κ3) is 3.80. The predicted molar refractivity (Wildman–Crippen MR) is 105 cm³/mol. The average Bonchev–Trinajstić information content (AvgIpc) is 3.39. The number of alkyl halides is 3. The molecule has 4 aromatic heterocycles. The summed E-state index contributed by atoms with van der Waals surface area (Å²) in [7, 11) is 0. The Morgan fingerprint density at radius 1 is 1.27 bits per heavy atom. The van der Waals surface area contributed by atoms with Gasteiger partial charge in [-0.3, -0.25) is 9.20 Å². The van der Waals surface area contributed by atoms with Crippen molar-refractivity contribution in [3.8, 4) is 5.82 Å². The Hall–Kier alpha value is -3.21. The Morgan fingerprint density at radius 2 is 2.07 bits per heavy atom. The van der Waals surface area contributed by atoms with Crippen LogP contribution in [0.15, 0.2) is 42.3 Å². The first-order valence-corrected chi connectivity index (χ1v) is 9.93. The highest BCUT2D eigenvalue weighted by Crippen LogP contribution is 2.29. The molecule has 1 N–H and O–H groups in total. The van der Waals surface area contributed by atoms with Crippen LogP contribution in [0.2, 0.25) is 0 Å². The van der Waals surface area contributed by atoms with Crippen molar-refractivity contribution >= 4 is 22.2 Å². The van der Waals surface area contributed by atoms with Gasteiger partial charge in [-0.05, 0) is 18.1 Å². The number of imidazole rings is 1. The quantitative estimate of drug-likeness (QED) is 0.514. The molecule has 0 saturated carbocycles. The Kier molecular flexibility index (Phi) is 5.06. The van der Waals surface area contributed by atoms with E-state index >= 15 is 0 Å². The molecule has 0 atom stereocenters. The number of aromatic nitrogens is 5. The third-order valence-electron chi connectivity index (χ3n) is 4.46. The minimum absolute atomic E-state index is 0.115. The van der Waals surface area contributed by atoms with Gasteiger partial charge in [0.1, 0.15) is 0 Å². The topological polar surface area (TPSA) is 77.1 Å². The molecule has 4 rings (SSSR count). The molecule has 0 saturated heterocycles. The number of carbonyl (C=O) groups excluding carboxylic acids is 1. The molecule has 0 fully saturated rings. The molecule has 7 nitrogen and oxygen atoms in total. The first-order valence-electron chi connectivity index (χ1n) is 9.05. The van der Waals surface area contributed by atoms with E-state index in [4.69, 9.17) is 0 Å². The molecule has 0 bridgehead atoms. The zero-order valence-electron chi connectivity index (χ0n) is 16.0. The van der Waals surface area contributed by atoms with Gasteiger partial charge in [0.2, 0.25) is 0 Å². The highest BCUT2D eigenvalue weighted by Gasteiger charge is 2.31. The second-order valence-electron chi connectivity index (χ2n) is 6.92. The molecule has 30 heavy (non-hydrogen) atoms. The zero-order chi connectivity index (χ0) is 21.5. The second kappa shape index (κ2) is 7.56. The van der Waals surface area contributed by atoms with Gasteiger partial charge in [0.15, 0.2) is 10.8 Å². The van der Waals surface area contributed by atoms with Gasteiger partial charge in [-0.2, -0.15) is 18.3 Å². The van der Waals surface area contributed by atoms with Crippen LogP contribution >= 0.6 is 11.3 Å². The number of rotatable bonds is 5. The largest absolute Gasteiger partial charge is 0.417 e. The van der Waals surface area contributed by atoms with Crippen molar-refractivity contribution in [2.24, 2.45) is 0 Å². The van der Waals surface area contributed by atoms with Gasteiger partial charge in [-0.25, -0.2) is 14.6 Å². The van der Waals surface area contributed by atoms with Crippen molar-refractivity contribution in [3.05, 3.63) is 64.8 Å². The van der Waals surface area contributed by atoms with E-state index in [0.29, 0.717) is 11.3 Å². The lowest BCUT2D eigenvalue weighted by Crippen LogP contribution is -2.24. The van der Waals surface area contributed by atoms with Crippen LogP contribution in [-0.4, -0.2) is 30.1 Å². The van der Waals surface area contributed by atoms with Gasteiger partial charge in [0, 0.05) is 24.0 Å². The maximum absolute atomic E-state index is 12.8. The summed E-state index contributed by atoms with van der Waals surface area (Å²) in [6.07, 6.45) is 1.41. The molecule has 11 heteroatoms. The monoisotopic (exact) mass is 434 g/mol. The molecule has 0 aliphatic carbocycles. The Bertz CT molecular complexity index is 1160. The minimum Gasteiger partial charge on any atom is -0.346 e. The first-order chi connectivity index (χ1) is 14.2. The Balaban J connectivity index is 1.57. The lowest BCUT2D eigenvalue weighted by molar-refractivity contribution is -0.137. The minimum atomic E-state index is -4.47. The molecule has 0 radical (unpaired) electrons. The van der Waals surface area contributed by atoms with Gasteiger partial charge in [-0.1, -0.05) is 13.8 Å². The van der Waals surface area contributed by atoms with E-state index in [2.05, 4.69) is 20.4 Å². The average molecular weight is 434 g/mol. The number of hydrogen-bond acceptors (Lipinski definition) is 5. The van der Waals surface area contributed by atoms with Crippen LogP contribution in [0.3, 0.4) is 0 Å². The molecule has 0 aliphatic heterocycles. The summed E-state index contributed by atoms with van der Waals surface area (Å²) < 4.78 is 41.6. The summed E-state index contributed by atoms with van der Waals surface area (Å²) in [6.45, 7) is 3.99. The fraction of sp³-hybridized carbons (Fsp3) is 0.263. The summed E-state index contributed by atoms with van der Waals surface area (Å²) in [5.41, 5.74) is 0.777.